The third kappa shape index (κ3) is 13.8. The number of benzene rings is 3. The molecule has 3 heterocycles. The number of anilines is 1. The number of carbonyl (C=O) groups is 3. The minimum absolute atomic E-state index is 0.0187. The van der Waals surface area contributed by atoms with Gasteiger partial charge in [-0.25, -0.2) is 4.98 Å². The van der Waals surface area contributed by atoms with Gasteiger partial charge >= 0.3 is 36.3 Å². The molecule has 5 aromatic rings. The fraction of sp³-hybridized carbons (Fsp3) is 0.447. The normalized spacial score (nSPS) is 16.3. The van der Waals surface area contributed by atoms with Gasteiger partial charge in [-0.2, -0.15) is 44.5 Å². The van der Waals surface area contributed by atoms with Crippen molar-refractivity contribution >= 4 is 34.8 Å². The zero-order valence-corrected chi connectivity index (χ0v) is 39.2. The smallest absolute Gasteiger partial charge is 0.471 e. The summed E-state index contributed by atoms with van der Waals surface area (Å²) < 4.78 is 143. The van der Waals surface area contributed by atoms with Crippen molar-refractivity contribution in [2.24, 2.45) is 0 Å². The van der Waals surface area contributed by atoms with E-state index >= 15 is 0 Å². The van der Waals surface area contributed by atoms with Crippen LogP contribution in [0.25, 0.3) is 11.2 Å². The number of imidazole rings is 1. The van der Waals surface area contributed by atoms with Crippen LogP contribution in [-0.4, -0.2) is 143 Å². The third-order valence-corrected chi connectivity index (χ3v) is 11.8. The molecule has 0 spiro atoms. The van der Waals surface area contributed by atoms with Crippen LogP contribution in [0.2, 0.25) is 0 Å². The number of H-pyrrole nitrogens is 1. The number of hydrogen-bond acceptors (Lipinski definition) is 12. The Labute approximate surface area is 410 Å². The predicted molar refractivity (Wildman–Crippen MR) is 242 cm³/mol. The van der Waals surface area contributed by atoms with E-state index < -0.39 is 105 Å². The Morgan fingerprint density at radius 1 is 0.740 bits per heavy atom. The highest BCUT2D eigenvalue weighted by Gasteiger charge is 2.45. The van der Waals surface area contributed by atoms with Gasteiger partial charge in [0.05, 0.1) is 33.3 Å². The fourth-order valence-electron chi connectivity index (χ4n) is 8.18. The number of nitrogens with one attached hydrogen (secondary N) is 3. The van der Waals surface area contributed by atoms with Crippen molar-refractivity contribution in [3.8, 4) is 11.5 Å². The van der Waals surface area contributed by atoms with Crippen molar-refractivity contribution in [3.63, 3.8) is 0 Å². The molecule has 2 aromatic heterocycles. The maximum absolute atomic E-state index is 13.6. The molecule has 0 bridgehead atoms. The molecule has 0 unspecified atom stereocenters. The molecule has 4 N–H and O–H groups in total. The van der Waals surface area contributed by atoms with Crippen molar-refractivity contribution in [3.05, 3.63) is 112 Å². The van der Waals surface area contributed by atoms with Gasteiger partial charge in [0.2, 0.25) is 5.95 Å². The molecule has 3 atom stereocenters. The van der Waals surface area contributed by atoms with Crippen LogP contribution in [0, 0.1) is 0 Å². The van der Waals surface area contributed by atoms with E-state index in [-0.39, 0.29) is 60.8 Å². The number of hydrogen-bond donors (Lipinski definition) is 4. The second-order valence-electron chi connectivity index (χ2n) is 16.7. The van der Waals surface area contributed by atoms with Crippen LogP contribution in [0.4, 0.5) is 45.5 Å². The Morgan fingerprint density at radius 3 is 1.75 bits per heavy atom. The molecule has 6 rings (SSSR count). The first kappa shape index (κ1) is 55.4. The molecule has 26 heteroatoms. The van der Waals surface area contributed by atoms with Gasteiger partial charge in [-0.3, -0.25) is 28.7 Å². The van der Waals surface area contributed by atoms with Crippen molar-refractivity contribution in [2.45, 2.75) is 74.7 Å². The van der Waals surface area contributed by atoms with Crippen molar-refractivity contribution in [2.75, 3.05) is 65.4 Å². The monoisotopic (exact) mass is 1040 g/mol. The minimum Gasteiger partial charge on any atom is -0.497 e. The van der Waals surface area contributed by atoms with E-state index in [1.165, 1.54) is 16.2 Å². The molecule has 17 nitrogen and oxygen atoms in total. The number of alkyl halides is 9. The lowest BCUT2D eigenvalue weighted by atomic mass is 9.80. The van der Waals surface area contributed by atoms with Crippen molar-refractivity contribution in [1.82, 2.24) is 34.6 Å². The van der Waals surface area contributed by atoms with E-state index in [2.05, 4.69) is 20.3 Å². The number of fused-ring (bicyclic) bond motifs is 1. The number of aromatic amines is 1. The standard InChI is InChI=1S/C47H51F9N8O9/c1-70-32-16-12-30(13-17-32)44(29-10-4-3-5-11-29,31-14-18-33(71-2)19-15-31)72-27-35-34(65)26-36(73-35)64-28-59-37-38(64)60-43(61-39(37)66)58-21-9-25-63(42(69)47(54,55)56)23-7-6-22-62(41(68)46(51,52)53)24-8-20-57-40(67)45(48,49)50/h3-5,10-19,28,34-36,65H,6-9,20-27H2,1-2H3,(H,57,67)(H2,58,60,61,66)/t34-,35+,36+/m0/s1. The molecule has 396 valence electrons. The van der Waals surface area contributed by atoms with E-state index in [1.807, 2.05) is 54.6 Å². The number of aliphatic hydroxyl groups excluding tert-OH is 1. The average molecular weight is 1040 g/mol. The molecule has 0 aliphatic carbocycles. The Balaban J connectivity index is 1.10. The number of amides is 3. The minimum atomic E-state index is -5.38. The van der Waals surface area contributed by atoms with Gasteiger partial charge in [0.15, 0.2) is 11.2 Å². The number of halogens is 9. The summed E-state index contributed by atoms with van der Waals surface area (Å²) in [5.74, 6) is -5.84. The summed E-state index contributed by atoms with van der Waals surface area (Å²) in [6.45, 7) is -3.58. The lowest BCUT2D eigenvalue weighted by molar-refractivity contribution is -0.186. The Kier molecular flexibility index (Phi) is 18.0. The van der Waals surface area contributed by atoms with Crippen LogP contribution in [-0.2, 0) is 29.5 Å². The van der Waals surface area contributed by atoms with Gasteiger partial charge in [-0.05, 0) is 66.6 Å². The molecule has 73 heavy (non-hydrogen) atoms. The Hall–Kier alpha value is -6.93. The summed E-state index contributed by atoms with van der Waals surface area (Å²) in [5.41, 5.74) is 0.221. The van der Waals surface area contributed by atoms with Crippen molar-refractivity contribution in [1.29, 1.82) is 0 Å². The molecule has 1 saturated heterocycles. The zero-order valence-electron chi connectivity index (χ0n) is 39.2. The van der Waals surface area contributed by atoms with Crippen LogP contribution in [0.15, 0.2) is 90.0 Å². The summed E-state index contributed by atoms with van der Waals surface area (Å²) in [6, 6.07) is 24.1. The lowest BCUT2D eigenvalue weighted by Gasteiger charge is -2.37. The number of aliphatic hydroxyl groups is 1. The van der Waals surface area contributed by atoms with Gasteiger partial charge in [0.1, 0.15) is 29.4 Å². The molecule has 3 amide bonds. The highest BCUT2D eigenvalue weighted by atomic mass is 19.4. The Bertz CT molecular complexity index is 2640. The van der Waals surface area contributed by atoms with Crippen LogP contribution < -0.4 is 25.7 Å². The van der Waals surface area contributed by atoms with Crippen molar-refractivity contribution < 1.29 is 78.0 Å². The SMILES string of the molecule is COc1ccc(C(OC[C@H]2O[C@@H](n3cnc4c(=O)[nH]c(NCCCN(CCCCN(CCCNC(=O)C(F)(F)F)C(=O)C(F)(F)F)C(=O)C(F)(F)F)nc43)C[C@@H]2O)(c2ccccc2)c2ccc(OC)cc2)cc1. The number of methoxy groups -OCH3 is 2. The quantitative estimate of drug-likeness (QED) is 0.0327. The molecule has 3 aromatic carbocycles. The first-order valence-electron chi connectivity index (χ1n) is 22.7. The molecule has 1 aliphatic rings. The molecular weight excluding hydrogens is 992 g/mol. The van der Waals surface area contributed by atoms with Gasteiger partial charge in [-0.15, -0.1) is 0 Å². The number of unbranched alkanes of at least 4 members (excludes halogenated alkanes) is 1. The van der Waals surface area contributed by atoms with Crippen LogP contribution in [0.1, 0.15) is 55.0 Å². The summed E-state index contributed by atoms with van der Waals surface area (Å²) in [5, 5.41) is 15.7. The molecule has 0 radical (unpaired) electrons. The first-order chi connectivity index (χ1) is 34.6. The van der Waals surface area contributed by atoms with E-state index in [0.717, 1.165) is 16.7 Å². The highest BCUT2D eigenvalue weighted by molar-refractivity contribution is 5.83. The number of rotatable bonds is 23. The van der Waals surface area contributed by atoms with E-state index in [9.17, 15) is 63.8 Å². The van der Waals surface area contributed by atoms with E-state index in [0.29, 0.717) is 16.4 Å². The predicted octanol–water partition coefficient (Wildman–Crippen LogP) is 6.23. The number of nitrogens with zero attached hydrogens (tertiary/aromatic N) is 5. The second-order valence-corrected chi connectivity index (χ2v) is 16.7. The summed E-state index contributed by atoms with van der Waals surface area (Å²) in [7, 11) is 3.10. The average Bonchev–Trinajstić information content (AvgIpc) is 3.96. The maximum atomic E-state index is 13.6. The zero-order chi connectivity index (χ0) is 53.1. The van der Waals surface area contributed by atoms with E-state index in [1.54, 1.807) is 38.5 Å². The largest absolute Gasteiger partial charge is 0.497 e. The molecule has 1 aliphatic heterocycles. The third-order valence-electron chi connectivity index (χ3n) is 11.8. The van der Waals surface area contributed by atoms with Gasteiger partial charge in [-0.1, -0.05) is 54.6 Å². The molecule has 0 saturated carbocycles. The fourth-order valence-corrected chi connectivity index (χ4v) is 8.18. The topological polar surface area (TPSA) is 202 Å². The van der Waals surface area contributed by atoms with Gasteiger partial charge < -0.3 is 44.5 Å². The Morgan fingerprint density at radius 2 is 1.25 bits per heavy atom. The van der Waals surface area contributed by atoms with Gasteiger partial charge in [0, 0.05) is 45.7 Å². The summed E-state index contributed by atoms with van der Waals surface area (Å²) in [4.78, 5) is 60.2. The molecular formula is C47H51F9N8O9. The maximum Gasteiger partial charge on any atom is 0.471 e. The van der Waals surface area contributed by atoms with E-state index in [4.69, 9.17) is 18.9 Å². The van der Waals surface area contributed by atoms with Crippen LogP contribution >= 0.6 is 0 Å². The summed E-state index contributed by atoms with van der Waals surface area (Å²) in [6.07, 6.45) is -18.9. The first-order valence-corrected chi connectivity index (χ1v) is 22.7. The van der Waals surface area contributed by atoms with Gasteiger partial charge in [0.25, 0.3) is 5.56 Å². The molecule has 1 fully saturated rings. The summed E-state index contributed by atoms with van der Waals surface area (Å²) >= 11 is 0. The number of aromatic nitrogens is 4. The highest BCUT2D eigenvalue weighted by Crippen LogP contribution is 2.43. The lowest BCUT2D eigenvalue weighted by Crippen LogP contribution is -2.44. The number of ether oxygens (including phenoxy) is 4. The van der Waals surface area contributed by atoms with Crippen LogP contribution in [0.5, 0.6) is 11.5 Å². The second kappa shape index (κ2) is 23.7. The van der Waals surface area contributed by atoms with Crippen LogP contribution in [0.3, 0.4) is 0 Å². The number of carbonyl (C=O) groups excluding carboxylic acids is 3.